The minimum absolute atomic E-state index is 0.267. The summed E-state index contributed by atoms with van der Waals surface area (Å²) in [6.45, 7) is 2.22. The predicted octanol–water partition coefficient (Wildman–Crippen LogP) is 3.26. The van der Waals surface area contributed by atoms with Gasteiger partial charge in [0.2, 0.25) is 0 Å². The Labute approximate surface area is 112 Å². The second-order valence-corrected chi connectivity index (χ2v) is 12.1. The Morgan fingerprint density at radius 3 is 2.73 bits per heavy atom. The van der Waals surface area contributed by atoms with Crippen molar-refractivity contribution in [3.05, 3.63) is 12.0 Å². The summed E-state index contributed by atoms with van der Waals surface area (Å²) in [7, 11) is -0.905. The second kappa shape index (κ2) is 7.41. The van der Waals surface area contributed by atoms with Gasteiger partial charge < -0.3 is 0 Å². The van der Waals surface area contributed by atoms with E-state index in [1.54, 1.807) is 0 Å². The molecule has 0 unspecified atom stereocenters. The van der Waals surface area contributed by atoms with Crippen LogP contribution >= 0.6 is 27.5 Å². The van der Waals surface area contributed by atoms with Gasteiger partial charge in [0.1, 0.15) is 0 Å². The summed E-state index contributed by atoms with van der Waals surface area (Å²) in [6.07, 6.45) is 6.53. The summed E-state index contributed by atoms with van der Waals surface area (Å²) >= 11 is 10.1. The SMILES string of the molecule is CCCCCCc1c(Br)[se]c(Cl)[si]1CO. The van der Waals surface area contributed by atoms with Crippen LogP contribution in [0.5, 0.6) is 0 Å². The molecule has 0 fully saturated rings. The first-order valence-electron chi connectivity index (χ1n) is 5.27. The molecular weight excluding hydrogens is 359 g/mol. The van der Waals surface area contributed by atoms with Gasteiger partial charge in [0.05, 0.1) is 0 Å². The Morgan fingerprint density at radius 2 is 2.13 bits per heavy atom. The molecule has 0 aromatic carbocycles. The molecule has 1 heterocycles. The van der Waals surface area contributed by atoms with Gasteiger partial charge in [-0.1, -0.05) is 0 Å². The molecule has 1 aromatic rings. The van der Waals surface area contributed by atoms with Crippen LogP contribution in [0.25, 0.3) is 0 Å². The Hall–Kier alpha value is 1.08. The molecule has 0 atom stereocenters. The molecule has 0 aliphatic carbocycles. The molecule has 0 bridgehead atoms. The van der Waals surface area contributed by atoms with Crippen LogP contribution in [-0.4, -0.2) is 28.0 Å². The molecule has 0 spiro atoms. The van der Waals surface area contributed by atoms with Crippen molar-refractivity contribution < 1.29 is 5.11 Å². The van der Waals surface area contributed by atoms with Gasteiger partial charge >= 0.3 is 113 Å². The maximum atomic E-state index is 9.32. The van der Waals surface area contributed by atoms with Crippen molar-refractivity contribution >= 4 is 50.4 Å². The zero-order valence-corrected chi connectivity index (χ0v) is 13.9. The van der Waals surface area contributed by atoms with Gasteiger partial charge in [0.25, 0.3) is 0 Å². The van der Waals surface area contributed by atoms with Crippen molar-refractivity contribution in [2.75, 3.05) is 0 Å². The molecule has 1 aromatic heterocycles. The summed E-state index contributed by atoms with van der Waals surface area (Å²) in [6, 6.07) is 0. The first-order valence-corrected chi connectivity index (χ1v) is 9.86. The summed E-state index contributed by atoms with van der Waals surface area (Å²) < 4.78 is 2.35. The van der Waals surface area contributed by atoms with E-state index in [1.807, 2.05) is 0 Å². The van der Waals surface area contributed by atoms with Crippen molar-refractivity contribution in [2.24, 2.45) is 0 Å². The van der Waals surface area contributed by atoms with Crippen LogP contribution in [0.1, 0.15) is 37.8 Å². The van der Waals surface area contributed by atoms with Crippen molar-refractivity contribution in [1.29, 1.82) is 0 Å². The van der Waals surface area contributed by atoms with E-state index in [2.05, 4.69) is 22.9 Å². The van der Waals surface area contributed by atoms with E-state index in [0.717, 1.165) is 9.93 Å². The Kier molecular flexibility index (Phi) is 6.99. The van der Waals surface area contributed by atoms with Gasteiger partial charge in [0.15, 0.2) is 0 Å². The van der Waals surface area contributed by atoms with Crippen LogP contribution in [0.3, 0.4) is 0 Å². The fraction of sp³-hybridized carbons (Fsp3) is 0.700. The fourth-order valence-corrected chi connectivity index (χ4v) is 11.2. The average molecular weight is 375 g/mol. The van der Waals surface area contributed by atoms with Gasteiger partial charge in [-0.05, 0) is 0 Å². The van der Waals surface area contributed by atoms with E-state index in [1.165, 1.54) is 34.2 Å². The standard InChI is InChI=1S/C10H16BrClOSeSi/c1-2-3-4-5-6-8-9(11)14-10(12)15(8)7-13/h13H,2-7H2,1H3. The van der Waals surface area contributed by atoms with Gasteiger partial charge in [-0.2, -0.15) is 0 Å². The molecule has 86 valence electrons. The Balaban J connectivity index is 2.59. The first kappa shape index (κ1) is 14.1. The Bertz CT molecular complexity index is 317. The van der Waals surface area contributed by atoms with Crippen LogP contribution in [-0.2, 0) is 12.7 Å². The van der Waals surface area contributed by atoms with Crippen LogP contribution in [0.15, 0.2) is 3.35 Å². The molecule has 1 N–H and O–H groups in total. The first-order chi connectivity index (χ1) is 7.20. The third kappa shape index (κ3) is 4.10. The normalized spacial score (nSPS) is 10.9. The molecule has 5 heteroatoms. The number of aliphatic hydroxyl groups excluding tert-OH is 1. The molecule has 0 amide bonds. The Morgan fingerprint density at radius 1 is 1.40 bits per heavy atom. The number of hydrogen-bond acceptors (Lipinski definition) is 1. The van der Waals surface area contributed by atoms with Crippen LogP contribution in [0, 0.1) is 0 Å². The number of rotatable bonds is 6. The van der Waals surface area contributed by atoms with Gasteiger partial charge in [-0.25, -0.2) is 0 Å². The quantitative estimate of drug-likeness (QED) is 0.599. The molecular formula is C10H16BrClOSeSi. The van der Waals surface area contributed by atoms with Crippen molar-refractivity contribution in [3.8, 4) is 0 Å². The average Bonchev–Trinajstić information content (AvgIpc) is 2.48. The number of unbranched alkanes of at least 4 members (excludes halogenated alkanes) is 3. The van der Waals surface area contributed by atoms with Crippen LogP contribution in [0.4, 0.5) is 0 Å². The molecule has 1 nitrogen and oxygen atoms in total. The predicted molar refractivity (Wildman–Crippen MR) is 72.1 cm³/mol. The zero-order valence-electron chi connectivity index (χ0n) is 8.85. The van der Waals surface area contributed by atoms with Crippen molar-refractivity contribution in [1.82, 2.24) is 0 Å². The number of aliphatic hydroxyl groups is 1. The minimum atomic E-state index is -0.905. The monoisotopic (exact) mass is 374 g/mol. The molecule has 0 radical (unpaired) electrons. The van der Waals surface area contributed by atoms with Gasteiger partial charge in [-0.15, -0.1) is 0 Å². The van der Waals surface area contributed by atoms with E-state index >= 15 is 0 Å². The van der Waals surface area contributed by atoms with Crippen molar-refractivity contribution in [2.45, 2.75) is 45.3 Å². The molecule has 15 heavy (non-hydrogen) atoms. The van der Waals surface area contributed by atoms with E-state index in [-0.39, 0.29) is 6.23 Å². The van der Waals surface area contributed by atoms with Crippen LogP contribution in [0.2, 0.25) is 3.51 Å². The topological polar surface area (TPSA) is 20.2 Å². The molecule has 0 saturated heterocycles. The van der Waals surface area contributed by atoms with E-state index in [0.29, 0.717) is 14.5 Å². The third-order valence-electron chi connectivity index (χ3n) is 2.46. The third-order valence-corrected chi connectivity index (χ3v) is 11.0. The fourth-order valence-electron chi connectivity index (χ4n) is 1.57. The van der Waals surface area contributed by atoms with E-state index < -0.39 is 8.40 Å². The van der Waals surface area contributed by atoms with Crippen molar-refractivity contribution in [3.63, 3.8) is 0 Å². The van der Waals surface area contributed by atoms with Gasteiger partial charge in [0, 0.05) is 0 Å². The summed E-state index contributed by atoms with van der Waals surface area (Å²) in [5.74, 6) is 0. The number of halogens is 2. The van der Waals surface area contributed by atoms with Gasteiger partial charge in [-0.3, -0.25) is 0 Å². The maximum absolute atomic E-state index is 9.32. The molecule has 0 saturated carbocycles. The molecule has 0 aliphatic rings. The molecule has 1 rings (SSSR count). The zero-order chi connectivity index (χ0) is 11.3. The molecule has 0 aliphatic heterocycles. The summed E-state index contributed by atoms with van der Waals surface area (Å²) in [4.78, 5) is 0. The van der Waals surface area contributed by atoms with E-state index in [4.69, 9.17) is 11.6 Å². The number of hydrogen-bond donors (Lipinski definition) is 1. The summed E-state index contributed by atoms with van der Waals surface area (Å²) in [5, 5.41) is 10.8. The van der Waals surface area contributed by atoms with E-state index in [9.17, 15) is 5.11 Å². The second-order valence-electron chi connectivity index (χ2n) is 3.58. The van der Waals surface area contributed by atoms with Crippen LogP contribution < -0.4 is 0 Å². The summed E-state index contributed by atoms with van der Waals surface area (Å²) in [5.41, 5.74) is 0.